The van der Waals surface area contributed by atoms with E-state index in [0.29, 0.717) is 12.8 Å². The summed E-state index contributed by atoms with van der Waals surface area (Å²) in [5.74, 6) is -0.872. The molecule has 1 N–H and O–H groups in total. The lowest BCUT2D eigenvalue weighted by Crippen LogP contribution is -2.16. The summed E-state index contributed by atoms with van der Waals surface area (Å²) in [4.78, 5) is 23.3. The van der Waals surface area contributed by atoms with Gasteiger partial charge < -0.3 is 9.84 Å². The topological polar surface area (TPSA) is 63.6 Å². The summed E-state index contributed by atoms with van der Waals surface area (Å²) < 4.78 is 5.80. The van der Waals surface area contributed by atoms with Gasteiger partial charge in [0.1, 0.15) is 6.10 Å². The second-order valence-corrected chi connectivity index (χ2v) is 11.7. The first-order valence-electron chi connectivity index (χ1n) is 17.8. The van der Waals surface area contributed by atoms with Gasteiger partial charge in [0.25, 0.3) is 0 Å². The van der Waals surface area contributed by atoms with Crippen LogP contribution < -0.4 is 0 Å². The second-order valence-electron chi connectivity index (χ2n) is 11.7. The largest absolute Gasteiger partial charge is 0.481 e. The first-order chi connectivity index (χ1) is 21.1. The summed E-state index contributed by atoms with van der Waals surface area (Å²) in [6.45, 7) is 4.41. The summed E-state index contributed by atoms with van der Waals surface area (Å²) in [5, 5.41) is 8.85. The van der Waals surface area contributed by atoms with Gasteiger partial charge in [-0.05, 0) is 83.1 Å². The van der Waals surface area contributed by atoms with Crippen LogP contribution in [0.1, 0.15) is 168 Å². The van der Waals surface area contributed by atoms with Crippen molar-refractivity contribution < 1.29 is 19.4 Å². The van der Waals surface area contributed by atoms with E-state index in [9.17, 15) is 9.59 Å². The predicted octanol–water partition coefficient (Wildman–Crippen LogP) is 12.2. The Balaban J connectivity index is 4.12. The van der Waals surface area contributed by atoms with E-state index in [0.717, 1.165) is 57.8 Å². The van der Waals surface area contributed by atoms with Crippen LogP contribution in [-0.4, -0.2) is 23.1 Å². The molecule has 0 aromatic rings. The van der Waals surface area contributed by atoms with E-state index in [1.54, 1.807) is 0 Å². The Morgan fingerprint density at radius 2 is 1.05 bits per heavy atom. The van der Waals surface area contributed by atoms with Gasteiger partial charge in [0, 0.05) is 12.8 Å². The number of carboxylic acids is 1. The van der Waals surface area contributed by atoms with Crippen LogP contribution in [0.3, 0.4) is 0 Å². The highest BCUT2D eigenvalue weighted by Crippen LogP contribution is 2.14. The number of aliphatic carboxylic acids is 1. The van der Waals surface area contributed by atoms with Crippen molar-refractivity contribution in [2.75, 3.05) is 0 Å². The maximum atomic E-state index is 12.5. The highest BCUT2D eigenvalue weighted by atomic mass is 16.5. The Kier molecular flexibility index (Phi) is 32.3. The van der Waals surface area contributed by atoms with Gasteiger partial charge in [-0.3, -0.25) is 9.59 Å². The average Bonchev–Trinajstić information content (AvgIpc) is 2.99. The highest BCUT2D eigenvalue weighted by molar-refractivity contribution is 5.69. The van der Waals surface area contributed by atoms with Crippen molar-refractivity contribution in [1.82, 2.24) is 0 Å². The molecule has 0 fully saturated rings. The number of carbonyl (C=O) groups excluding carboxylic acids is 1. The van der Waals surface area contributed by atoms with Crippen molar-refractivity contribution >= 4 is 11.9 Å². The number of esters is 1. The van der Waals surface area contributed by atoms with Crippen molar-refractivity contribution in [3.63, 3.8) is 0 Å². The molecule has 0 spiro atoms. The number of hydrogen-bond acceptors (Lipinski definition) is 3. The maximum Gasteiger partial charge on any atom is 0.306 e. The third-order valence-corrected chi connectivity index (χ3v) is 7.46. The normalized spacial score (nSPS) is 13.0. The van der Waals surface area contributed by atoms with Crippen LogP contribution in [0, 0.1) is 0 Å². The van der Waals surface area contributed by atoms with Crippen LogP contribution >= 0.6 is 0 Å². The van der Waals surface area contributed by atoms with Crippen LogP contribution in [0.25, 0.3) is 0 Å². The summed E-state index contributed by atoms with van der Waals surface area (Å²) >= 11 is 0. The van der Waals surface area contributed by atoms with Crippen molar-refractivity contribution in [1.29, 1.82) is 0 Å². The molecule has 0 aliphatic heterocycles. The van der Waals surface area contributed by atoms with Crippen LogP contribution in [0.15, 0.2) is 60.8 Å². The molecule has 4 nitrogen and oxygen atoms in total. The molecule has 0 radical (unpaired) electrons. The fraction of sp³-hybridized carbons (Fsp3) is 0.692. The zero-order valence-electron chi connectivity index (χ0n) is 28.0. The van der Waals surface area contributed by atoms with E-state index < -0.39 is 5.97 Å². The van der Waals surface area contributed by atoms with Gasteiger partial charge in [-0.2, -0.15) is 0 Å². The third kappa shape index (κ3) is 34.0. The molecule has 0 saturated heterocycles. The lowest BCUT2D eigenvalue weighted by atomic mass is 10.1. The molecule has 43 heavy (non-hydrogen) atoms. The first-order valence-corrected chi connectivity index (χ1v) is 17.8. The Labute approximate surface area is 265 Å². The van der Waals surface area contributed by atoms with Gasteiger partial charge in [0.2, 0.25) is 0 Å². The highest BCUT2D eigenvalue weighted by Gasteiger charge is 2.11. The van der Waals surface area contributed by atoms with E-state index in [4.69, 9.17) is 9.84 Å². The average molecular weight is 599 g/mol. The minimum absolute atomic E-state index is 0.119. The molecule has 0 aliphatic rings. The fourth-order valence-corrected chi connectivity index (χ4v) is 4.85. The molecule has 0 aliphatic carbocycles. The number of allylic oxidation sites excluding steroid dienone is 9. The van der Waals surface area contributed by atoms with Gasteiger partial charge in [-0.1, -0.05) is 133 Å². The SMILES string of the molecule is CC/C=C\C/C=C\C/C=C\C/C=C\C(CCCCCC(=O)O)OC(=O)CCCCCCC/C=C\CCCCCCCCC. The molecule has 0 aromatic carbocycles. The molecular formula is C39H66O4. The van der Waals surface area contributed by atoms with Crippen molar-refractivity contribution in [3.05, 3.63) is 60.8 Å². The van der Waals surface area contributed by atoms with Crippen LogP contribution in [0.2, 0.25) is 0 Å². The van der Waals surface area contributed by atoms with Crippen molar-refractivity contribution in [2.24, 2.45) is 0 Å². The van der Waals surface area contributed by atoms with Gasteiger partial charge >= 0.3 is 11.9 Å². The van der Waals surface area contributed by atoms with E-state index >= 15 is 0 Å². The van der Waals surface area contributed by atoms with Gasteiger partial charge in [-0.15, -0.1) is 0 Å². The van der Waals surface area contributed by atoms with Crippen LogP contribution in [0.4, 0.5) is 0 Å². The predicted molar refractivity (Wildman–Crippen MR) is 185 cm³/mol. The van der Waals surface area contributed by atoms with Crippen LogP contribution in [0.5, 0.6) is 0 Å². The van der Waals surface area contributed by atoms with E-state index in [1.807, 2.05) is 6.08 Å². The molecule has 0 saturated carbocycles. The molecule has 0 rings (SSSR count). The lowest BCUT2D eigenvalue weighted by molar-refractivity contribution is -0.147. The first kappa shape index (κ1) is 40.6. The molecule has 1 unspecified atom stereocenters. The molecule has 0 aromatic heterocycles. The fourth-order valence-electron chi connectivity index (χ4n) is 4.85. The molecule has 0 bridgehead atoms. The Bertz CT molecular complexity index is 774. The van der Waals surface area contributed by atoms with E-state index in [2.05, 4.69) is 68.5 Å². The summed E-state index contributed by atoms with van der Waals surface area (Å²) in [5.41, 5.74) is 0. The second kappa shape index (κ2) is 34.1. The summed E-state index contributed by atoms with van der Waals surface area (Å²) in [6.07, 6.45) is 46.7. The molecule has 1 atom stereocenters. The zero-order chi connectivity index (χ0) is 31.5. The molecule has 4 heteroatoms. The quantitative estimate of drug-likeness (QED) is 0.0490. The third-order valence-electron chi connectivity index (χ3n) is 7.46. The van der Waals surface area contributed by atoms with Gasteiger partial charge in [0.05, 0.1) is 0 Å². The summed E-state index contributed by atoms with van der Waals surface area (Å²) in [6, 6.07) is 0. The number of hydrogen-bond donors (Lipinski definition) is 1. The minimum Gasteiger partial charge on any atom is -0.481 e. The zero-order valence-corrected chi connectivity index (χ0v) is 28.0. The Morgan fingerprint density at radius 1 is 0.558 bits per heavy atom. The standard InChI is InChI=1S/C39H66O4/c1-3-5-7-9-11-13-15-16-17-18-19-21-23-25-27-32-36-39(42)43-37(34-30-28-31-35-38(40)41)33-29-26-24-22-20-14-12-10-8-6-4-2/h6,8,12,14,17-18,22,24,29,33,37H,3-5,7,9-11,13,15-16,19-21,23,25-28,30-32,34-36H2,1-2H3,(H,40,41)/b8-6-,14-12-,18-17-,24-22-,33-29-. The molecular weight excluding hydrogens is 532 g/mol. The number of ether oxygens (including phenoxy) is 1. The number of carboxylic acid groups (broad SMARTS) is 1. The van der Waals surface area contributed by atoms with Crippen molar-refractivity contribution in [3.8, 4) is 0 Å². The smallest absolute Gasteiger partial charge is 0.306 e. The molecule has 0 heterocycles. The number of carbonyl (C=O) groups is 2. The minimum atomic E-state index is -0.753. The van der Waals surface area contributed by atoms with Gasteiger partial charge in [0.15, 0.2) is 0 Å². The van der Waals surface area contributed by atoms with Gasteiger partial charge in [-0.25, -0.2) is 0 Å². The van der Waals surface area contributed by atoms with E-state index in [1.165, 1.54) is 77.0 Å². The Hall–Kier alpha value is -2.36. The summed E-state index contributed by atoms with van der Waals surface area (Å²) in [7, 11) is 0. The van der Waals surface area contributed by atoms with Crippen molar-refractivity contribution in [2.45, 2.75) is 174 Å². The molecule has 246 valence electrons. The van der Waals surface area contributed by atoms with Crippen LogP contribution in [-0.2, 0) is 14.3 Å². The number of rotatable bonds is 31. The Morgan fingerprint density at radius 3 is 1.63 bits per heavy atom. The maximum absolute atomic E-state index is 12.5. The van der Waals surface area contributed by atoms with E-state index in [-0.39, 0.29) is 18.5 Å². The number of unbranched alkanes of at least 4 members (excludes halogenated alkanes) is 14. The monoisotopic (exact) mass is 598 g/mol. The molecule has 0 amide bonds. The lowest BCUT2D eigenvalue weighted by Gasteiger charge is -2.14.